The lowest BCUT2D eigenvalue weighted by atomic mass is 10.1. The van der Waals surface area contributed by atoms with Crippen molar-refractivity contribution < 1.29 is 14.3 Å². The van der Waals surface area contributed by atoms with E-state index in [-0.39, 0.29) is 11.8 Å². The summed E-state index contributed by atoms with van der Waals surface area (Å²) in [5.41, 5.74) is 2.87. The van der Waals surface area contributed by atoms with Crippen LogP contribution in [0.25, 0.3) is 6.08 Å². The van der Waals surface area contributed by atoms with Crippen LogP contribution < -0.4 is 14.5 Å². The van der Waals surface area contributed by atoms with Gasteiger partial charge in [0, 0.05) is 51.0 Å². The third kappa shape index (κ3) is 5.84. The molecule has 1 fully saturated rings. The fraction of sp³-hybridized carbons (Fsp3) is 0.185. The Morgan fingerprint density at radius 1 is 0.944 bits per heavy atom. The van der Waals surface area contributed by atoms with E-state index in [0.29, 0.717) is 37.0 Å². The maximum atomic E-state index is 13.2. The van der Waals surface area contributed by atoms with Crippen molar-refractivity contribution in [3.63, 3.8) is 0 Å². The topological polar surface area (TPSA) is 49.9 Å². The fourth-order valence-electron chi connectivity index (χ4n) is 3.79. The van der Waals surface area contributed by atoms with Gasteiger partial charge in [0.15, 0.2) is 0 Å². The summed E-state index contributed by atoms with van der Waals surface area (Å²) in [5, 5.41) is 1.11. The molecule has 3 aromatic rings. The van der Waals surface area contributed by atoms with Gasteiger partial charge in [0.1, 0.15) is 12.4 Å². The first kappa shape index (κ1) is 26.4. The summed E-state index contributed by atoms with van der Waals surface area (Å²) in [7, 11) is 0. The molecule has 0 radical (unpaired) electrons. The highest BCUT2D eigenvalue weighted by molar-refractivity contribution is 8.19. The molecule has 9 heteroatoms. The number of rotatable bonds is 8. The van der Waals surface area contributed by atoms with Crippen LogP contribution in [-0.2, 0) is 11.4 Å². The lowest BCUT2D eigenvalue weighted by Gasteiger charge is -2.22. The van der Waals surface area contributed by atoms with Crippen molar-refractivity contribution in [3.8, 4) is 5.75 Å². The van der Waals surface area contributed by atoms with Crippen molar-refractivity contribution >= 4 is 75.2 Å². The Hall–Kier alpha value is -2.64. The number of amides is 2. The van der Waals surface area contributed by atoms with E-state index in [9.17, 15) is 9.59 Å². The van der Waals surface area contributed by atoms with Gasteiger partial charge < -0.3 is 9.64 Å². The van der Waals surface area contributed by atoms with Crippen LogP contribution >= 0.6 is 46.6 Å². The number of nitrogens with zero attached hydrogens (tertiary/aromatic N) is 2. The molecular formula is C27H23Cl3N2O3S. The molecule has 0 aromatic heterocycles. The first-order valence-electron chi connectivity index (χ1n) is 11.3. The Morgan fingerprint density at radius 3 is 2.39 bits per heavy atom. The van der Waals surface area contributed by atoms with Crippen molar-refractivity contribution in [2.24, 2.45) is 0 Å². The molecule has 36 heavy (non-hydrogen) atoms. The number of thioether (sulfide) groups is 1. The molecular weight excluding hydrogens is 539 g/mol. The van der Waals surface area contributed by atoms with Crippen molar-refractivity contribution in [2.45, 2.75) is 20.5 Å². The smallest absolute Gasteiger partial charge is 0.298 e. The SMILES string of the molecule is CCN(CC)c1ccc(/C=C2\SC(=O)N(c3cccc(Cl)c3)C2=O)c(OCc2ccc(Cl)cc2Cl)c1. The molecule has 0 saturated carbocycles. The minimum Gasteiger partial charge on any atom is -0.488 e. The maximum absolute atomic E-state index is 13.2. The molecule has 0 bridgehead atoms. The van der Waals surface area contributed by atoms with Gasteiger partial charge in [-0.2, -0.15) is 0 Å². The largest absolute Gasteiger partial charge is 0.488 e. The van der Waals surface area contributed by atoms with E-state index in [1.807, 2.05) is 24.3 Å². The lowest BCUT2D eigenvalue weighted by Crippen LogP contribution is -2.27. The Bertz CT molecular complexity index is 1340. The molecule has 0 spiro atoms. The summed E-state index contributed by atoms with van der Waals surface area (Å²) >= 11 is 19.3. The minimum atomic E-state index is -0.410. The molecule has 5 nitrogen and oxygen atoms in total. The molecule has 0 unspecified atom stereocenters. The highest BCUT2D eigenvalue weighted by Gasteiger charge is 2.36. The molecule has 1 heterocycles. The van der Waals surface area contributed by atoms with E-state index in [1.165, 1.54) is 0 Å². The molecule has 0 atom stereocenters. The lowest BCUT2D eigenvalue weighted by molar-refractivity contribution is -0.113. The Morgan fingerprint density at radius 2 is 1.69 bits per heavy atom. The van der Waals surface area contributed by atoms with Crippen molar-refractivity contribution in [3.05, 3.63) is 91.8 Å². The van der Waals surface area contributed by atoms with Crippen LogP contribution in [0.2, 0.25) is 15.1 Å². The number of halogens is 3. The molecule has 186 valence electrons. The standard InChI is InChI=1S/C27H23Cl3N2O3S/c1-3-31(4-2)21-11-9-17(24(15-21)35-16-18-8-10-20(29)14-23(18)30)12-25-26(33)32(27(34)36-25)22-7-5-6-19(28)13-22/h5-15H,3-4,16H2,1-2H3/b25-12-. The van der Waals surface area contributed by atoms with Gasteiger partial charge in [0.25, 0.3) is 11.1 Å². The highest BCUT2D eigenvalue weighted by Crippen LogP contribution is 2.38. The molecule has 1 saturated heterocycles. The molecule has 2 amide bonds. The van der Waals surface area contributed by atoms with Crippen LogP contribution in [0, 0.1) is 0 Å². The number of ether oxygens (including phenoxy) is 1. The van der Waals surface area contributed by atoms with Crippen molar-refractivity contribution in [1.82, 2.24) is 0 Å². The number of benzene rings is 3. The zero-order valence-electron chi connectivity index (χ0n) is 19.6. The van der Waals surface area contributed by atoms with Gasteiger partial charge in [0.05, 0.1) is 10.6 Å². The van der Waals surface area contributed by atoms with Crippen LogP contribution in [0.5, 0.6) is 5.75 Å². The average molecular weight is 562 g/mol. The Labute approximate surface area is 229 Å². The minimum absolute atomic E-state index is 0.211. The zero-order valence-corrected chi connectivity index (χ0v) is 22.7. The normalized spacial score (nSPS) is 14.6. The van der Waals surface area contributed by atoms with E-state index in [4.69, 9.17) is 39.5 Å². The van der Waals surface area contributed by atoms with Gasteiger partial charge in [-0.15, -0.1) is 0 Å². The van der Waals surface area contributed by atoms with Crippen molar-refractivity contribution in [1.29, 1.82) is 0 Å². The number of carbonyl (C=O) groups excluding carboxylic acids is 2. The second-order valence-corrected chi connectivity index (χ2v) is 10.2. The number of imide groups is 1. The number of anilines is 2. The van der Waals surface area contributed by atoms with E-state index >= 15 is 0 Å². The fourth-order valence-corrected chi connectivity index (χ4v) is 5.27. The monoisotopic (exact) mass is 560 g/mol. The van der Waals surface area contributed by atoms with Gasteiger partial charge in [0.2, 0.25) is 0 Å². The van der Waals surface area contributed by atoms with E-state index in [2.05, 4.69) is 18.7 Å². The van der Waals surface area contributed by atoms with Gasteiger partial charge in [-0.05, 0) is 74.1 Å². The molecule has 4 rings (SSSR count). The Balaban J connectivity index is 1.68. The number of hydrogen-bond acceptors (Lipinski definition) is 5. The predicted octanol–water partition coefficient (Wildman–Crippen LogP) is 8.31. The third-order valence-corrected chi connectivity index (χ3v) is 7.36. The number of carbonyl (C=O) groups is 2. The summed E-state index contributed by atoms with van der Waals surface area (Å²) < 4.78 is 6.19. The molecule has 1 aliphatic rings. The van der Waals surface area contributed by atoms with Crippen molar-refractivity contribution in [2.75, 3.05) is 22.9 Å². The Kier molecular flexibility index (Phi) is 8.52. The average Bonchev–Trinajstić information content (AvgIpc) is 3.13. The highest BCUT2D eigenvalue weighted by atomic mass is 35.5. The first-order chi connectivity index (χ1) is 17.3. The van der Waals surface area contributed by atoms with Gasteiger partial charge in [-0.25, -0.2) is 4.90 Å². The molecule has 0 N–H and O–H groups in total. The van der Waals surface area contributed by atoms with Crippen LogP contribution in [0.4, 0.5) is 16.2 Å². The zero-order chi connectivity index (χ0) is 25.8. The summed E-state index contributed by atoms with van der Waals surface area (Å²) in [5.74, 6) is 0.159. The van der Waals surface area contributed by atoms with E-state index < -0.39 is 5.91 Å². The quantitative estimate of drug-likeness (QED) is 0.259. The van der Waals surface area contributed by atoms with Crippen LogP contribution in [0.1, 0.15) is 25.0 Å². The summed E-state index contributed by atoms with van der Waals surface area (Å²) in [6, 6.07) is 17.7. The second kappa shape index (κ2) is 11.6. The number of hydrogen-bond donors (Lipinski definition) is 0. The van der Waals surface area contributed by atoms with Crippen LogP contribution in [0.15, 0.2) is 65.6 Å². The predicted molar refractivity (Wildman–Crippen MR) is 151 cm³/mol. The first-order valence-corrected chi connectivity index (χ1v) is 13.2. The third-order valence-electron chi connectivity index (χ3n) is 5.67. The summed E-state index contributed by atoms with van der Waals surface area (Å²) in [4.78, 5) is 29.5. The molecule has 0 aliphatic carbocycles. The molecule has 1 aliphatic heterocycles. The van der Waals surface area contributed by atoms with Gasteiger partial charge >= 0.3 is 0 Å². The van der Waals surface area contributed by atoms with Crippen LogP contribution in [0.3, 0.4) is 0 Å². The van der Waals surface area contributed by atoms with Gasteiger partial charge in [-0.3, -0.25) is 9.59 Å². The summed E-state index contributed by atoms with van der Waals surface area (Å²) in [6.45, 7) is 6.03. The summed E-state index contributed by atoms with van der Waals surface area (Å²) in [6.07, 6.45) is 1.68. The second-order valence-electron chi connectivity index (χ2n) is 7.92. The molecule has 3 aromatic carbocycles. The van der Waals surface area contributed by atoms with E-state index in [0.717, 1.165) is 41.0 Å². The maximum Gasteiger partial charge on any atom is 0.298 e. The van der Waals surface area contributed by atoms with E-state index in [1.54, 1.807) is 42.5 Å². The van der Waals surface area contributed by atoms with Crippen LogP contribution in [-0.4, -0.2) is 24.2 Å². The van der Waals surface area contributed by atoms with Gasteiger partial charge in [-0.1, -0.05) is 46.9 Å².